The van der Waals surface area contributed by atoms with Crippen LogP contribution in [0.4, 0.5) is 8.78 Å². The van der Waals surface area contributed by atoms with Crippen LogP contribution in [0.2, 0.25) is 0 Å². The highest BCUT2D eigenvalue weighted by Crippen LogP contribution is 2.21. The minimum atomic E-state index is -0.690. The Hall–Kier alpha value is -3.68. The fraction of sp³-hybridized carbons (Fsp3) is 0.217. The highest BCUT2D eigenvalue weighted by Gasteiger charge is 2.14. The van der Waals surface area contributed by atoms with Gasteiger partial charge in [-0.1, -0.05) is 0 Å². The second kappa shape index (κ2) is 8.99. The summed E-state index contributed by atoms with van der Waals surface area (Å²) in [5.74, 6) is -2.06. The number of benzene rings is 2. The number of hydrogen-bond acceptors (Lipinski definition) is 4. The predicted molar refractivity (Wildman–Crippen MR) is 110 cm³/mol. The van der Waals surface area contributed by atoms with Crippen LogP contribution in [0, 0.1) is 11.6 Å². The molecule has 2 N–H and O–H groups in total. The molecule has 0 amide bonds. The summed E-state index contributed by atoms with van der Waals surface area (Å²) < 4.78 is 37.0. The predicted octanol–water partition coefficient (Wildman–Crippen LogP) is 4.19. The van der Waals surface area contributed by atoms with Crippen molar-refractivity contribution in [1.29, 1.82) is 0 Å². The molecule has 2 aromatic carbocycles. The smallest absolute Gasteiger partial charge is 0.317 e. The number of halogens is 2. The number of ether oxygens (including phenoxy) is 2. The third kappa shape index (κ3) is 4.91. The van der Waals surface area contributed by atoms with E-state index < -0.39 is 18.4 Å². The molecule has 4 rings (SSSR count). The number of H-pyrrole nitrogens is 2. The van der Waals surface area contributed by atoms with Gasteiger partial charge >= 0.3 is 11.9 Å². The maximum Gasteiger partial charge on any atom is 0.317 e. The largest absolute Gasteiger partial charge is 0.465 e. The van der Waals surface area contributed by atoms with Gasteiger partial charge in [-0.3, -0.25) is 9.59 Å². The molecule has 0 bridgehead atoms. The van der Waals surface area contributed by atoms with Crippen molar-refractivity contribution in [2.75, 3.05) is 13.2 Å². The molecule has 0 spiro atoms. The summed E-state index contributed by atoms with van der Waals surface area (Å²) in [6.07, 6.45) is 3.76. The molecule has 6 nitrogen and oxygen atoms in total. The van der Waals surface area contributed by atoms with Crippen molar-refractivity contribution < 1.29 is 27.8 Å². The van der Waals surface area contributed by atoms with Gasteiger partial charge in [0.15, 0.2) is 0 Å². The molecule has 0 atom stereocenters. The molecule has 2 aromatic heterocycles. The average Bonchev–Trinajstić information content (AvgIpc) is 3.32. The zero-order valence-electron chi connectivity index (χ0n) is 16.5. The van der Waals surface area contributed by atoms with Crippen LogP contribution in [0.25, 0.3) is 21.8 Å². The van der Waals surface area contributed by atoms with Crippen LogP contribution in [0.3, 0.4) is 0 Å². The quantitative estimate of drug-likeness (QED) is 0.327. The molecule has 160 valence electrons. The fourth-order valence-electron chi connectivity index (χ4n) is 3.48. The van der Waals surface area contributed by atoms with Gasteiger partial charge in [-0.25, -0.2) is 8.78 Å². The van der Waals surface area contributed by atoms with Gasteiger partial charge in [0.25, 0.3) is 0 Å². The minimum Gasteiger partial charge on any atom is -0.465 e. The number of carbonyl (C=O) groups excluding carboxylic acids is 2. The molecule has 0 fully saturated rings. The van der Waals surface area contributed by atoms with Crippen LogP contribution in [0.15, 0.2) is 48.8 Å². The summed E-state index contributed by atoms with van der Waals surface area (Å²) >= 11 is 0. The lowest BCUT2D eigenvalue weighted by Crippen LogP contribution is -2.16. The number of aromatic amines is 2. The molecule has 0 aliphatic heterocycles. The van der Waals surface area contributed by atoms with Gasteiger partial charge in [0.1, 0.15) is 18.1 Å². The van der Waals surface area contributed by atoms with Crippen LogP contribution in [-0.2, 0) is 31.9 Å². The average molecular weight is 426 g/mol. The molecule has 31 heavy (non-hydrogen) atoms. The van der Waals surface area contributed by atoms with Crippen LogP contribution in [0.5, 0.6) is 0 Å². The lowest BCUT2D eigenvalue weighted by Gasteiger charge is -2.06. The molecule has 4 aromatic rings. The van der Waals surface area contributed by atoms with E-state index in [0.29, 0.717) is 12.8 Å². The summed E-state index contributed by atoms with van der Waals surface area (Å²) in [5, 5.41) is 1.46. The van der Waals surface area contributed by atoms with E-state index in [4.69, 9.17) is 9.47 Å². The Bertz CT molecular complexity index is 1150. The second-order valence-electron chi connectivity index (χ2n) is 7.13. The molecular formula is C23H20F2N2O4. The number of esters is 2. The van der Waals surface area contributed by atoms with Crippen molar-refractivity contribution in [2.24, 2.45) is 0 Å². The topological polar surface area (TPSA) is 84.2 Å². The molecular weight excluding hydrogens is 406 g/mol. The maximum absolute atomic E-state index is 13.4. The number of nitrogens with one attached hydrogen (secondary N) is 2. The first-order valence-corrected chi connectivity index (χ1v) is 9.82. The number of fused-ring (bicyclic) bond motifs is 2. The van der Waals surface area contributed by atoms with E-state index in [1.54, 1.807) is 24.5 Å². The lowest BCUT2D eigenvalue weighted by atomic mass is 10.1. The summed E-state index contributed by atoms with van der Waals surface area (Å²) in [7, 11) is 0. The van der Waals surface area contributed by atoms with Crippen molar-refractivity contribution in [3.63, 3.8) is 0 Å². The molecule has 0 aliphatic carbocycles. The normalized spacial score (nSPS) is 11.2. The number of aromatic nitrogens is 2. The van der Waals surface area contributed by atoms with E-state index in [1.165, 1.54) is 24.3 Å². The maximum atomic E-state index is 13.4. The minimum absolute atomic E-state index is 0.0660. The van der Waals surface area contributed by atoms with Gasteiger partial charge in [-0.2, -0.15) is 0 Å². The van der Waals surface area contributed by atoms with Crippen molar-refractivity contribution >= 4 is 33.7 Å². The molecule has 0 saturated heterocycles. The number of hydrogen-bond donors (Lipinski definition) is 2. The van der Waals surface area contributed by atoms with E-state index in [-0.39, 0.29) is 24.8 Å². The Morgan fingerprint density at radius 2 is 1.19 bits per heavy atom. The summed E-state index contributed by atoms with van der Waals surface area (Å²) in [5.41, 5.74) is 3.23. The van der Waals surface area contributed by atoms with Crippen molar-refractivity contribution in [3.8, 4) is 0 Å². The van der Waals surface area contributed by atoms with Gasteiger partial charge in [0, 0.05) is 47.0 Å². The van der Waals surface area contributed by atoms with Gasteiger partial charge in [-0.15, -0.1) is 0 Å². The van der Waals surface area contributed by atoms with Crippen LogP contribution < -0.4 is 0 Å². The van der Waals surface area contributed by atoms with Gasteiger partial charge in [-0.05, 0) is 47.5 Å². The first-order valence-electron chi connectivity index (χ1n) is 9.82. The van der Waals surface area contributed by atoms with Crippen LogP contribution >= 0.6 is 0 Å². The van der Waals surface area contributed by atoms with Crippen molar-refractivity contribution in [1.82, 2.24) is 9.97 Å². The Morgan fingerprint density at radius 3 is 1.65 bits per heavy atom. The van der Waals surface area contributed by atoms with E-state index in [2.05, 4.69) is 9.97 Å². The van der Waals surface area contributed by atoms with E-state index in [9.17, 15) is 18.4 Å². The summed E-state index contributed by atoms with van der Waals surface area (Å²) in [6.45, 7) is 0.132. The highest BCUT2D eigenvalue weighted by molar-refractivity contribution is 5.91. The number of carbonyl (C=O) groups is 2. The third-order valence-corrected chi connectivity index (χ3v) is 5.02. The van der Waals surface area contributed by atoms with Gasteiger partial charge < -0.3 is 19.4 Å². The van der Waals surface area contributed by atoms with Gasteiger partial charge in [0.2, 0.25) is 0 Å². The third-order valence-electron chi connectivity index (χ3n) is 5.02. The zero-order chi connectivity index (χ0) is 21.8. The SMILES string of the molecule is O=C(CC(=O)OCCc1c[nH]c2ccc(F)cc12)OCCc1c[nH]c2ccc(F)cc12. The van der Waals surface area contributed by atoms with Crippen molar-refractivity contribution in [3.05, 3.63) is 71.6 Å². The van der Waals surface area contributed by atoms with Crippen LogP contribution in [-0.4, -0.2) is 35.1 Å². The lowest BCUT2D eigenvalue weighted by molar-refractivity contribution is -0.154. The van der Waals surface area contributed by atoms with Gasteiger partial charge in [0.05, 0.1) is 13.2 Å². The Kier molecular flexibility index (Phi) is 5.97. The van der Waals surface area contributed by atoms with E-state index in [0.717, 1.165) is 32.9 Å². The molecule has 8 heteroatoms. The van der Waals surface area contributed by atoms with Crippen LogP contribution in [0.1, 0.15) is 17.5 Å². The second-order valence-corrected chi connectivity index (χ2v) is 7.13. The zero-order valence-corrected chi connectivity index (χ0v) is 16.5. The molecule has 2 heterocycles. The van der Waals surface area contributed by atoms with Crippen molar-refractivity contribution in [2.45, 2.75) is 19.3 Å². The Balaban J connectivity index is 1.20. The first-order chi connectivity index (χ1) is 15.0. The highest BCUT2D eigenvalue weighted by atomic mass is 19.1. The van der Waals surface area contributed by atoms with E-state index >= 15 is 0 Å². The monoisotopic (exact) mass is 426 g/mol. The first kappa shape index (κ1) is 20.6. The fourth-order valence-corrected chi connectivity index (χ4v) is 3.48. The Morgan fingerprint density at radius 1 is 0.742 bits per heavy atom. The molecule has 0 saturated carbocycles. The molecule has 0 radical (unpaired) electrons. The van der Waals surface area contributed by atoms with E-state index in [1.807, 2.05) is 0 Å². The molecule has 0 aliphatic rings. The number of rotatable bonds is 8. The standard InChI is InChI=1S/C23H20F2N2O4/c24-16-1-3-20-18(9-16)14(12-26-20)5-7-30-22(28)11-23(29)31-8-6-15-13-27-21-4-2-17(25)10-19(15)21/h1-4,9-10,12-13,26-27H,5-8,11H2. The Labute approximate surface area is 176 Å². The summed E-state index contributed by atoms with van der Waals surface area (Å²) in [4.78, 5) is 29.8. The molecule has 0 unspecified atom stereocenters. The summed E-state index contributed by atoms with van der Waals surface area (Å²) in [6, 6.07) is 8.85.